The molecule has 0 unspecified atom stereocenters. The van der Waals surface area contributed by atoms with Crippen LogP contribution in [0.4, 0.5) is 0 Å². The number of aromatic nitrogens is 2. The van der Waals surface area contributed by atoms with Crippen LogP contribution in [-0.2, 0) is 13.1 Å². The Labute approximate surface area is 175 Å². The van der Waals surface area contributed by atoms with Crippen molar-refractivity contribution in [1.29, 1.82) is 0 Å². The number of rotatable bonds is 9. The molecule has 1 aromatic carbocycles. The molecule has 6 nitrogen and oxygen atoms in total. The number of hydrogen-bond acceptors (Lipinski definition) is 3. The minimum absolute atomic E-state index is 0.571. The molecule has 0 atom stereocenters. The van der Waals surface area contributed by atoms with Gasteiger partial charge in [0.25, 0.3) is 0 Å². The molecule has 1 aromatic heterocycles. The molecule has 2 aromatic rings. The van der Waals surface area contributed by atoms with Crippen LogP contribution in [0.25, 0.3) is 0 Å². The summed E-state index contributed by atoms with van der Waals surface area (Å²) >= 11 is 0. The molecule has 2 N–H and O–H groups in total. The molecular weight excluding hydrogens is 360 g/mol. The predicted octanol–water partition coefficient (Wildman–Crippen LogP) is 3.25. The van der Waals surface area contributed by atoms with Gasteiger partial charge in [-0.3, -0.25) is 0 Å². The van der Waals surface area contributed by atoms with Gasteiger partial charge in [0.15, 0.2) is 5.96 Å². The molecule has 29 heavy (non-hydrogen) atoms. The number of benzene rings is 1. The maximum atomic E-state index is 4.76. The van der Waals surface area contributed by atoms with Crippen molar-refractivity contribution in [3.8, 4) is 0 Å². The highest BCUT2D eigenvalue weighted by Gasteiger charge is 2.08. The van der Waals surface area contributed by atoms with Crippen molar-refractivity contribution in [3.05, 3.63) is 54.1 Å². The molecule has 3 rings (SSSR count). The Balaban J connectivity index is 1.47. The largest absolute Gasteiger partial charge is 0.357 e. The van der Waals surface area contributed by atoms with E-state index < -0.39 is 0 Å². The fraction of sp³-hybridized carbons (Fsp3) is 0.565. The number of nitrogens with one attached hydrogen (secondary N) is 2. The van der Waals surface area contributed by atoms with Gasteiger partial charge < -0.3 is 20.1 Å². The average molecular weight is 397 g/mol. The van der Waals surface area contributed by atoms with Crippen LogP contribution >= 0.6 is 0 Å². The van der Waals surface area contributed by atoms with Gasteiger partial charge in [0.1, 0.15) is 12.4 Å². The SMILES string of the molecule is CCNC(=NCc1nccn1Cc1ccccc1)NCCCN1CCCCCC1. The van der Waals surface area contributed by atoms with E-state index in [0.29, 0.717) is 6.54 Å². The van der Waals surface area contributed by atoms with Crippen molar-refractivity contribution in [1.82, 2.24) is 25.1 Å². The molecule has 6 heteroatoms. The molecule has 0 spiro atoms. The van der Waals surface area contributed by atoms with Crippen molar-refractivity contribution >= 4 is 5.96 Å². The normalized spacial score (nSPS) is 15.8. The van der Waals surface area contributed by atoms with Crippen LogP contribution in [0.5, 0.6) is 0 Å². The Morgan fingerprint density at radius 2 is 1.86 bits per heavy atom. The second-order valence-electron chi connectivity index (χ2n) is 7.69. The van der Waals surface area contributed by atoms with Crippen LogP contribution in [0.2, 0.25) is 0 Å². The lowest BCUT2D eigenvalue weighted by molar-refractivity contribution is 0.282. The van der Waals surface area contributed by atoms with Gasteiger partial charge in [-0.05, 0) is 51.4 Å². The molecular formula is C23H36N6. The van der Waals surface area contributed by atoms with Gasteiger partial charge in [-0.1, -0.05) is 43.2 Å². The quantitative estimate of drug-likeness (QED) is 0.388. The Morgan fingerprint density at radius 3 is 2.62 bits per heavy atom. The summed E-state index contributed by atoms with van der Waals surface area (Å²) in [5.74, 6) is 1.85. The highest BCUT2D eigenvalue weighted by Crippen LogP contribution is 2.09. The number of imidazole rings is 1. The second kappa shape index (κ2) is 12.3. The predicted molar refractivity (Wildman–Crippen MR) is 120 cm³/mol. The Morgan fingerprint density at radius 1 is 1.07 bits per heavy atom. The second-order valence-corrected chi connectivity index (χ2v) is 7.69. The van der Waals surface area contributed by atoms with E-state index in [0.717, 1.165) is 37.8 Å². The van der Waals surface area contributed by atoms with Crippen LogP contribution in [0.15, 0.2) is 47.7 Å². The van der Waals surface area contributed by atoms with E-state index >= 15 is 0 Å². The summed E-state index contributed by atoms with van der Waals surface area (Å²) in [6.45, 7) is 9.00. The molecule has 0 aliphatic carbocycles. The highest BCUT2D eigenvalue weighted by atomic mass is 15.2. The minimum Gasteiger partial charge on any atom is -0.357 e. The summed E-state index contributed by atoms with van der Waals surface area (Å²) in [6.07, 6.45) is 10.5. The number of nitrogens with zero attached hydrogens (tertiary/aromatic N) is 4. The Hall–Kier alpha value is -2.34. The Kier molecular flexibility index (Phi) is 9.04. The fourth-order valence-electron chi connectivity index (χ4n) is 3.78. The number of aliphatic imine (C=N–C) groups is 1. The molecule has 0 radical (unpaired) electrons. The molecule has 1 fully saturated rings. The average Bonchev–Trinajstić information content (AvgIpc) is 3.01. The maximum absolute atomic E-state index is 4.76. The zero-order chi connectivity index (χ0) is 20.2. The summed E-state index contributed by atoms with van der Waals surface area (Å²) in [4.78, 5) is 11.9. The zero-order valence-electron chi connectivity index (χ0n) is 17.8. The van der Waals surface area contributed by atoms with Crippen molar-refractivity contribution < 1.29 is 0 Å². The first kappa shape index (κ1) is 21.4. The first-order valence-electron chi connectivity index (χ1n) is 11.1. The lowest BCUT2D eigenvalue weighted by Gasteiger charge is -2.20. The molecule has 1 aliphatic heterocycles. The summed E-state index contributed by atoms with van der Waals surface area (Å²) < 4.78 is 2.17. The summed E-state index contributed by atoms with van der Waals surface area (Å²) in [5, 5.41) is 6.83. The third-order valence-corrected chi connectivity index (χ3v) is 5.36. The van der Waals surface area contributed by atoms with Gasteiger partial charge in [0, 0.05) is 32.0 Å². The van der Waals surface area contributed by atoms with Crippen molar-refractivity contribution in [3.63, 3.8) is 0 Å². The van der Waals surface area contributed by atoms with Crippen LogP contribution in [0.1, 0.15) is 50.4 Å². The lowest BCUT2D eigenvalue weighted by atomic mass is 10.2. The van der Waals surface area contributed by atoms with E-state index in [1.165, 1.54) is 50.9 Å². The third kappa shape index (κ3) is 7.54. The van der Waals surface area contributed by atoms with E-state index in [4.69, 9.17) is 4.99 Å². The minimum atomic E-state index is 0.571. The molecule has 0 bridgehead atoms. The van der Waals surface area contributed by atoms with Crippen molar-refractivity contribution in [2.24, 2.45) is 4.99 Å². The molecule has 158 valence electrons. The smallest absolute Gasteiger partial charge is 0.191 e. The van der Waals surface area contributed by atoms with Crippen LogP contribution in [-0.4, -0.2) is 53.1 Å². The van der Waals surface area contributed by atoms with Gasteiger partial charge in [0.2, 0.25) is 0 Å². The summed E-state index contributed by atoms with van der Waals surface area (Å²) in [5.41, 5.74) is 1.27. The van der Waals surface area contributed by atoms with Crippen LogP contribution in [0, 0.1) is 0 Å². The van der Waals surface area contributed by atoms with E-state index in [9.17, 15) is 0 Å². The standard InChI is InChI=1S/C23H36N6/c1-2-24-23(26-13-10-17-28-15-8-3-4-9-16-28)27-19-22-25-14-18-29(22)20-21-11-6-5-7-12-21/h5-7,11-12,14,18H,2-4,8-10,13,15-17,19-20H2,1H3,(H2,24,26,27). The molecule has 1 saturated heterocycles. The molecule has 0 amide bonds. The number of hydrogen-bond donors (Lipinski definition) is 2. The summed E-state index contributed by atoms with van der Waals surface area (Å²) in [7, 11) is 0. The fourth-order valence-corrected chi connectivity index (χ4v) is 3.78. The van der Waals surface area contributed by atoms with Crippen molar-refractivity contribution in [2.45, 2.75) is 52.1 Å². The van der Waals surface area contributed by atoms with Crippen LogP contribution < -0.4 is 10.6 Å². The molecule has 0 saturated carbocycles. The van der Waals surface area contributed by atoms with Crippen LogP contribution in [0.3, 0.4) is 0 Å². The van der Waals surface area contributed by atoms with E-state index in [2.05, 4.69) is 56.3 Å². The van der Waals surface area contributed by atoms with Crippen molar-refractivity contribution in [2.75, 3.05) is 32.7 Å². The highest BCUT2D eigenvalue weighted by molar-refractivity contribution is 5.79. The van der Waals surface area contributed by atoms with Gasteiger partial charge >= 0.3 is 0 Å². The number of likely N-dealkylation sites (tertiary alicyclic amines) is 1. The van der Waals surface area contributed by atoms with Gasteiger partial charge in [-0.25, -0.2) is 9.98 Å². The Bertz CT molecular complexity index is 716. The first-order chi connectivity index (χ1) is 14.3. The lowest BCUT2D eigenvalue weighted by Crippen LogP contribution is -2.39. The van der Waals surface area contributed by atoms with Gasteiger partial charge in [0.05, 0.1) is 0 Å². The van der Waals surface area contributed by atoms with E-state index in [-0.39, 0.29) is 0 Å². The number of guanidine groups is 1. The zero-order valence-corrected chi connectivity index (χ0v) is 17.8. The third-order valence-electron chi connectivity index (χ3n) is 5.36. The van der Waals surface area contributed by atoms with Gasteiger partial charge in [-0.15, -0.1) is 0 Å². The van der Waals surface area contributed by atoms with Gasteiger partial charge in [-0.2, -0.15) is 0 Å². The van der Waals surface area contributed by atoms with E-state index in [1.54, 1.807) is 0 Å². The topological polar surface area (TPSA) is 57.5 Å². The maximum Gasteiger partial charge on any atom is 0.191 e. The molecule has 1 aliphatic rings. The molecule has 2 heterocycles. The monoisotopic (exact) mass is 396 g/mol. The first-order valence-corrected chi connectivity index (χ1v) is 11.1. The van der Waals surface area contributed by atoms with E-state index in [1.807, 2.05) is 18.5 Å². The summed E-state index contributed by atoms with van der Waals surface area (Å²) in [6, 6.07) is 10.5.